The van der Waals surface area contributed by atoms with Crippen molar-refractivity contribution in [1.82, 2.24) is 10.7 Å². The Kier molecular flexibility index (Phi) is 4.83. The van der Waals surface area contributed by atoms with E-state index < -0.39 is 23.8 Å². The third-order valence-electron chi connectivity index (χ3n) is 2.69. The van der Waals surface area contributed by atoms with Gasteiger partial charge in [0.05, 0.1) is 5.69 Å². The maximum atomic E-state index is 12.4. The molecular weight excluding hydrogens is 374 g/mol. The van der Waals surface area contributed by atoms with Crippen molar-refractivity contribution in [2.45, 2.75) is 0 Å². The highest BCUT2D eigenvalue weighted by Crippen LogP contribution is 2.22. The third-order valence-corrected chi connectivity index (χ3v) is 3.50. The van der Waals surface area contributed by atoms with Gasteiger partial charge in [-0.05, 0) is 36.5 Å². The third kappa shape index (κ3) is 3.46. The van der Waals surface area contributed by atoms with E-state index in [1.807, 2.05) is 5.43 Å². The Hall–Kier alpha value is -2.33. The number of nitrogens with zero attached hydrogens (tertiary/aromatic N) is 2. The van der Waals surface area contributed by atoms with Gasteiger partial charge in [0.25, 0.3) is 5.91 Å². The molecule has 0 spiro atoms. The van der Waals surface area contributed by atoms with Gasteiger partial charge in [-0.25, -0.2) is 10.2 Å². The van der Waals surface area contributed by atoms with Crippen molar-refractivity contribution in [1.29, 1.82) is 0 Å². The second-order valence-corrected chi connectivity index (χ2v) is 5.48. The monoisotopic (exact) mass is 383 g/mol. The van der Waals surface area contributed by atoms with E-state index in [9.17, 15) is 14.4 Å². The van der Waals surface area contributed by atoms with Crippen molar-refractivity contribution in [2.24, 2.45) is 16.8 Å². The molecule has 4 amide bonds. The summed E-state index contributed by atoms with van der Waals surface area (Å²) >= 11 is 8.32. The molecule has 4 N–H and O–H groups in total. The number of carbonyl (C=O) groups is 3. The normalized spacial score (nSPS) is 18.5. The highest BCUT2D eigenvalue weighted by Gasteiger charge is 2.38. The van der Waals surface area contributed by atoms with Crippen molar-refractivity contribution in [3.05, 3.63) is 28.7 Å². The van der Waals surface area contributed by atoms with E-state index in [4.69, 9.17) is 18.0 Å². The molecule has 0 bridgehead atoms. The van der Waals surface area contributed by atoms with Crippen molar-refractivity contribution in [2.75, 3.05) is 4.90 Å². The van der Waals surface area contributed by atoms with Crippen LogP contribution in [0.15, 0.2) is 33.8 Å². The molecule has 1 atom stereocenters. The second kappa shape index (κ2) is 6.62. The van der Waals surface area contributed by atoms with Crippen LogP contribution in [0.1, 0.15) is 0 Å². The first kappa shape index (κ1) is 16.0. The lowest BCUT2D eigenvalue weighted by atomic mass is 10.1. The smallest absolute Gasteiger partial charge is 0.332 e. The van der Waals surface area contributed by atoms with Gasteiger partial charge in [0.2, 0.25) is 5.91 Å². The van der Waals surface area contributed by atoms with Gasteiger partial charge in [-0.3, -0.25) is 14.5 Å². The Morgan fingerprint density at radius 3 is 2.64 bits per heavy atom. The second-order valence-electron chi connectivity index (χ2n) is 4.18. The van der Waals surface area contributed by atoms with E-state index in [1.165, 1.54) is 4.90 Å². The van der Waals surface area contributed by atoms with Gasteiger partial charge in [-0.2, -0.15) is 5.10 Å². The summed E-state index contributed by atoms with van der Waals surface area (Å²) < 4.78 is 0.833. The van der Waals surface area contributed by atoms with Crippen molar-refractivity contribution in [3.8, 4) is 0 Å². The number of nitrogens with two attached hydrogens (primary N) is 1. The highest BCUT2D eigenvalue weighted by molar-refractivity contribution is 9.10. The zero-order valence-corrected chi connectivity index (χ0v) is 13.3. The maximum absolute atomic E-state index is 12.4. The summed E-state index contributed by atoms with van der Waals surface area (Å²) in [7, 11) is 0. The standard InChI is InChI=1S/C12H10BrN5O3S/c13-6-1-3-7(4-2-6)18-10(20)8(5-15-17-11(14)21)9(19)16-12(18)22/h1-5,8H,(H3,14,17,21)(H,16,19,22)/b15-5-/t8-/m0/s1. The number of anilines is 1. The van der Waals surface area contributed by atoms with Gasteiger partial charge < -0.3 is 11.1 Å². The molecule has 0 aromatic heterocycles. The zero-order valence-electron chi connectivity index (χ0n) is 10.9. The molecular formula is C12H10BrN5O3S. The minimum atomic E-state index is -1.22. The Morgan fingerprint density at radius 2 is 2.05 bits per heavy atom. The summed E-state index contributed by atoms with van der Waals surface area (Å²) in [5, 5.41) is 5.84. The number of carbonyl (C=O) groups excluding carboxylic acids is 3. The molecule has 1 aromatic carbocycles. The van der Waals surface area contributed by atoms with Crippen LogP contribution in [0.3, 0.4) is 0 Å². The fraction of sp³-hybridized carbons (Fsp3) is 0.0833. The summed E-state index contributed by atoms with van der Waals surface area (Å²) in [4.78, 5) is 36.0. The number of rotatable bonds is 3. The summed E-state index contributed by atoms with van der Waals surface area (Å²) in [6.07, 6.45) is 0.996. The molecule has 114 valence electrons. The summed E-state index contributed by atoms with van der Waals surface area (Å²) in [5.74, 6) is -2.42. The number of hydrogen-bond donors (Lipinski definition) is 3. The predicted octanol–water partition coefficient (Wildman–Crippen LogP) is 0.467. The van der Waals surface area contributed by atoms with Crippen LogP contribution < -0.4 is 21.4 Å². The number of urea groups is 1. The average molecular weight is 384 g/mol. The summed E-state index contributed by atoms with van der Waals surface area (Å²) in [6, 6.07) is 5.90. The van der Waals surface area contributed by atoms with E-state index in [2.05, 4.69) is 26.3 Å². The first-order valence-electron chi connectivity index (χ1n) is 5.93. The zero-order chi connectivity index (χ0) is 16.3. The Labute approximate surface area is 138 Å². The highest BCUT2D eigenvalue weighted by atomic mass is 79.9. The van der Waals surface area contributed by atoms with Gasteiger partial charge >= 0.3 is 6.03 Å². The molecule has 0 saturated carbocycles. The summed E-state index contributed by atoms with van der Waals surface area (Å²) in [5.41, 5.74) is 7.27. The number of hydrogen-bond acceptors (Lipinski definition) is 5. The number of hydrazone groups is 1. The van der Waals surface area contributed by atoms with Crippen LogP contribution in [-0.4, -0.2) is 29.2 Å². The lowest BCUT2D eigenvalue weighted by Crippen LogP contribution is -2.58. The first-order chi connectivity index (χ1) is 10.4. The molecule has 22 heavy (non-hydrogen) atoms. The van der Waals surface area contributed by atoms with Crippen LogP contribution in [0.2, 0.25) is 0 Å². The van der Waals surface area contributed by atoms with Crippen LogP contribution in [0.25, 0.3) is 0 Å². The molecule has 0 aliphatic carbocycles. The molecule has 1 aromatic rings. The first-order valence-corrected chi connectivity index (χ1v) is 7.13. The van der Waals surface area contributed by atoms with Crippen LogP contribution >= 0.6 is 28.1 Å². The number of halogens is 1. The van der Waals surface area contributed by atoms with Crippen molar-refractivity contribution < 1.29 is 14.4 Å². The summed E-state index contributed by atoms with van der Waals surface area (Å²) in [6.45, 7) is 0. The van der Waals surface area contributed by atoms with Gasteiger partial charge in [-0.15, -0.1) is 0 Å². The van der Waals surface area contributed by atoms with Crippen LogP contribution in [0.4, 0.5) is 10.5 Å². The van der Waals surface area contributed by atoms with E-state index >= 15 is 0 Å². The maximum Gasteiger partial charge on any atom is 0.332 e. The molecule has 0 unspecified atom stereocenters. The molecule has 1 heterocycles. The van der Waals surface area contributed by atoms with Gasteiger partial charge in [0, 0.05) is 10.7 Å². The molecule has 1 aliphatic rings. The quantitative estimate of drug-likeness (QED) is 0.304. The molecule has 1 saturated heterocycles. The SMILES string of the molecule is NC(=O)N/N=C\[C@H]1C(=O)NC(=S)N(c2ccc(Br)cc2)C1=O. The van der Waals surface area contributed by atoms with E-state index in [0.29, 0.717) is 5.69 Å². The number of thiocarbonyl (C=S) groups is 1. The minimum absolute atomic E-state index is 0.0233. The number of primary amides is 1. The van der Waals surface area contributed by atoms with E-state index in [0.717, 1.165) is 10.7 Å². The van der Waals surface area contributed by atoms with Crippen LogP contribution in [0, 0.1) is 5.92 Å². The topological polar surface area (TPSA) is 117 Å². The van der Waals surface area contributed by atoms with Crippen molar-refractivity contribution in [3.63, 3.8) is 0 Å². The predicted molar refractivity (Wildman–Crippen MR) is 87.1 cm³/mol. The molecule has 1 aliphatic heterocycles. The fourth-order valence-corrected chi connectivity index (χ4v) is 2.29. The Morgan fingerprint density at radius 1 is 1.41 bits per heavy atom. The molecule has 1 fully saturated rings. The Balaban J connectivity index is 2.27. The van der Waals surface area contributed by atoms with Crippen molar-refractivity contribution >= 4 is 63.0 Å². The molecule has 2 rings (SSSR count). The van der Waals surface area contributed by atoms with E-state index in [-0.39, 0.29) is 5.11 Å². The van der Waals surface area contributed by atoms with Gasteiger partial charge in [-0.1, -0.05) is 15.9 Å². The lowest BCUT2D eigenvalue weighted by Gasteiger charge is -2.30. The number of benzene rings is 1. The molecule has 8 nitrogen and oxygen atoms in total. The van der Waals surface area contributed by atoms with Crippen LogP contribution in [-0.2, 0) is 9.59 Å². The number of nitrogens with one attached hydrogen (secondary N) is 2. The molecule has 0 radical (unpaired) electrons. The minimum Gasteiger partial charge on any atom is -0.350 e. The van der Waals surface area contributed by atoms with Crippen LogP contribution in [0.5, 0.6) is 0 Å². The van der Waals surface area contributed by atoms with Gasteiger partial charge in [0.1, 0.15) is 0 Å². The van der Waals surface area contributed by atoms with Gasteiger partial charge in [0.15, 0.2) is 11.0 Å². The lowest BCUT2D eigenvalue weighted by molar-refractivity contribution is -0.130. The number of amides is 4. The molecule has 10 heteroatoms. The average Bonchev–Trinajstić information content (AvgIpc) is 2.44. The Bertz CT molecular complexity index is 676. The largest absolute Gasteiger partial charge is 0.350 e. The van der Waals surface area contributed by atoms with E-state index in [1.54, 1.807) is 24.3 Å². The fourth-order valence-electron chi connectivity index (χ4n) is 1.73.